The molecule has 16 heavy (non-hydrogen) atoms. The second kappa shape index (κ2) is 4.90. The van der Waals surface area contributed by atoms with Crippen molar-refractivity contribution >= 4 is 5.69 Å². The highest BCUT2D eigenvalue weighted by atomic mass is 15.1. The van der Waals surface area contributed by atoms with E-state index in [1.165, 1.54) is 49.2 Å². The van der Waals surface area contributed by atoms with E-state index in [4.69, 9.17) is 0 Å². The van der Waals surface area contributed by atoms with E-state index in [0.29, 0.717) is 0 Å². The third kappa shape index (κ3) is 2.40. The lowest BCUT2D eigenvalue weighted by molar-refractivity contribution is 0.395. The predicted molar refractivity (Wildman–Crippen MR) is 71.1 cm³/mol. The van der Waals surface area contributed by atoms with Crippen LogP contribution in [-0.4, -0.2) is 13.1 Å². The molecule has 0 aromatic heterocycles. The molecule has 1 nitrogen and oxygen atoms in total. The summed E-state index contributed by atoms with van der Waals surface area (Å²) in [4.78, 5) is 2.56. The van der Waals surface area contributed by atoms with Crippen LogP contribution in [0.1, 0.15) is 37.3 Å². The largest absolute Gasteiger partial charge is 0.371 e. The highest BCUT2D eigenvalue weighted by Gasteiger charge is 2.18. The standard InChI is InChI=1S/C15H23N/c1-4-14-7-9-16(10-8-14)15-6-5-12(2)11-13(15)3/h5-6,11,14H,4,7-10H2,1-3H3. The maximum atomic E-state index is 2.56. The molecule has 1 aliphatic heterocycles. The van der Waals surface area contributed by atoms with Gasteiger partial charge in [-0.3, -0.25) is 0 Å². The van der Waals surface area contributed by atoms with E-state index in [9.17, 15) is 0 Å². The third-order valence-corrected chi connectivity index (χ3v) is 3.88. The Morgan fingerprint density at radius 3 is 2.44 bits per heavy atom. The van der Waals surface area contributed by atoms with E-state index in [1.54, 1.807) is 0 Å². The Hall–Kier alpha value is -0.980. The quantitative estimate of drug-likeness (QED) is 0.725. The summed E-state index contributed by atoms with van der Waals surface area (Å²) in [6, 6.07) is 6.81. The summed E-state index contributed by atoms with van der Waals surface area (Å²) >= 11 is 0. The van der Waals surface area contributed by atoms with Crippen molar-refractivity contribution in [3.63, 3.8) is 0 Å². The van der Waals surface area contributed by atoms with Crippen molar-refractivity contribution in [1.82, 2.24) is 0 Å². The Morgan fingerprint density at radius 1 is 1.19 bits per heavy atom. The van der Waals surface area contributed by atoms with Gasteiger partial charge in [0, 0.05) is 18.8 Å². The van der Waals surface area contributed by atoms with Crippen LogP contribution in [0.4, 0.5) is 5.69 Å². The van der Waals surface area contributed by atoms with Gasteiger partial charge in [0.25, 0.3) is 0 Å². The summed E-state index contributed by atoms with van der Waals surface area (Å²) in [5, 5.41) is 0. The summed E-state index contributed by atoms with van der Waals surface area (Å²) in [5.74, 6) is 0.960. The second-order valence-electron chi connectivity index (χ2n) is 5.13. The van der Waals surface area contributed by atoms with Crippen molar-refractivity contribution in [3.8, 4) is 0 Å². The Kier molecular flexibility index (Phi) is 3.52. The molecule has 0 unspecified atom stereocenters. The maximum Gasteiger partial charge on any atom is 0.0396 e. The molecular weight excluding hydrogens is 194 g/mol. The fraction of sp³-hybridized carbons (Fsp3) is 0.600. The summed E-state index contributed by atoms with van der Waals surface area (Å²) < 4.78 is 0. The number of rotatable bonds is 2. The van der Waals surface area contributed by atoms with Crippen LogP contribution in [0.15, 0.2) is 18.2 Å². The highest BCUT2D eigenvalue weighted by molar-refractivity contribution is 5.54. The lowest BCUT2D eigenvalue weighted by Gasteiger charge is -2.34. The molecule has 1 aromatic carbocycles. The van der Waals surface area contributed by atoms with Gasteiger partial charge in [0.05, 0.1) is 0 Å². The smallest absolute Gasteiger partial charge is 0.0396 e. The Balaban J connectivity index is 2.08. The SMILES string of the molecule is CCC1CCN(c2ccc(C)cc2C)CC1. The zero-order valence-electron chi connectivity index (χ0n) is 10.8. The van der Waals surface area contributed by atoms with Crippen LogP contribution in [-0.2, 0) is 0 Å². The first-order valence-corrected chi connectivity index (χ1v) is 6.53. The van der Waals surface area contributed by atoms with Gasteiger partial charge in [-0.15, -0.1) is 0 Å². The van der Waals surface area contributed by atoms with Gasteiger partial charge >= 0.3 is 0 Å². The Morgan fingerprint density at radius 2 is 1.88 bits per heavy atom. The zero-order chi connectivity index (χ0) is 11.5. The van der Waals surface area contributed by atoms with Gasteiger partial charge in [-0.2, -0.15) is 0 Å². The zero-order valence-corrected chi connectivity index (χ0v) is 10.8. The van der Waals surface area contributed by atoms with Gasteiger partial charge in [0.2, 0.25) is 0 Å². The van der Waals surface area contributed by atoms with E-state index in [1.807, 2.05) is 0 Å². The van der Waals surface area contributed by atoms with E-state index in [-0.39, 0.29) is 0 Å². The van der Waals surface area contributed by atoms with Gasteiger partial charge in [-0.05, 0) is 44.2 Å². The van der Waals surface area contributed by atoms with E-state index < -0.39 is 0 Å². The van der Waals surface area contributed by atoms with Gasteiger partial charge in [-0.1, -0.05) is 31.0 Å². The van der Waals surface area contributed by atoms with Gasteiger partial charge in [0.15, 0.2) is 0 Å². The molecule has 0 amide bonds. The lowest BCUT2D eigenvalue weighted by atomic mass is 9.93. The molecule has 1 fully saturated rings. The van der Waals surface area contributed by atoms with Crippen molar-refractivity contribution < 1.29 is 0 Å². The predicted octanol–water partition coefficient (Wildman–Crippen LogP) is 3.93. The van der Waals surface area contributed by atoms with Crippen molar-refractivity contribution in [1.29, 1.82) is 0 Å². The summed E-state index contributed by atoms with van der Waals surface area (Å²) in [6.07, 6.45) is 4.08. The van der Waals surface area contributed by atoms with Crippen LogP contribution >= 0.6 is 0 Å². The number of hydrogen-bond donors (Lipinski definition) is 0. The van der Waals surface area contributed by atoms with E-state index in [0.717, 1.165) is 5.92 Å². The number of aryl methyl sites for hydroxylation is 2. The molecular formula is C15H23N. The molecule has 0 aliphatic carbocycles. The molecule has 0 radical (unpaired) electrons. The van der Waals surface area contributed by atoms with Gasteiger partial charge < -0.3 is 4.90 Å². The highest BCUT2D eigenvalue weighted by Crippen LogP contribution is 2.27. The molecule has 1 heterocycles. The average molecular weight is 217 g/mol. The first kappa shape index (κ1) is 11.5. The average Bonchev–Trinajstić information content (AvgIpc) is 2.29. The van der Waals surface area contributed by atoms with Crippen LogP contribution in [0.5, 0.6) is 0 Å². The summed E-state index contributed by atoms with van der Waals surface area (Å²) in [5.41, 5.74) is 4.24. The Bertz CT molecular complexity index is 348. The number of anilines is 1. The topological polar surface area (TPSA) is 3.24 Å². The van der Waals surface area contributed by atoms with E-state index in [2.05, 4.69) is 43.9 Å². The molecule has 0 atom stereocenters. The molecule has 1 heteroatoms. The fourth-order valence-electron chi connectivity index (χ4n) is 2.74. The van der Waals surface area contributed by atoms with Crippen LogP contribution in [0.3, 0.4) is 0 Å². The molecule has 0 bridgehead atoms. The fourth-order valence-corrected chi connectivity index (χ4v) is 2.74. The molecule has 0 spiro atoms. The molecule has 2 rings (SSSR count). The van der Waals surface area contributed by atoms with Crippen LogP contribution in [0, 0.1) is 19.8 Å². The van der Waals surface area contributed by atoms with Crippen LogP contribution in [0.2, 0.25) is 0 Å². The number of nitrogens with zero attached hydrogens (tertiary/aromatic N) is 1. The molecule has 0 saturated carbocycles. The third-order valence-electron chi connectivity index (χ3n) is 3.88. The monoisotopic (exact) mass is 217 g/mol. The van der Waals surface area contributed by atoms with Crippen LogP contribution < -0.4 is 4.90 Å². The van der Waals surface area contributed by atoms with Crippen molar-refractivity contribution in [2.45, 2.75) is 40.0 Å². The minimum absolute atomic E-state index is 0.960. The van der Waals surface area contributed by atoms with E-state index >= 15 is 0 Å². The van der Waals surface area contributed by atoms with Crippen LogP contribution in [0.25, 0.3) is 0 Å². The van der Waals surface area contributed by atoms with Crippen molar-refractivity contribution in [2.24, 2.45) is 5.92 Å². The molecule has 1 saturated heterocycles. The molecule has 1 aromatic rings. The summed E-state index contributed by atoms with van der Waals surface area (Å²) in [6.45, 7) is 9.19. The minimum atomic E-state index is 0.960. The number of piperidine rings is 1. The molecule has 88 valence electrons. The second-order valence-corrected chi connectivity index (χ2v) is 5.13. The lowest BCUT2D eigenvalue weighted by Crippen LogP contribution is -2.33. The van der Waals surface area contributed by atoms with Crippen molar-refractivity contribution in [2.75, 3.05) is 18.0 Å². The van der Waals surface area contributed by atoms with Gasteiger partial charge in [0.1, 0.15) is 0 Å². The first-order valence-electron chi connectivity index (χ1n) is 6.53. The molecule has 1 aliphatic rings. The normalized spacial score (nSPS) is 17.8. The van der Waals surface area contributed by atoms with Gasteiger partial charge in [-0.25, -0.2) is 0 Å². The molecule has 0 N–H and O–H groups in total. The first-order chi connectivity index (χ1) is 7.70. The minimum Gasteiger partial charge on any atom is -0.371 e. The Labute approximate surface area is 99.5 Å². The number of hydrogen-bond acceptors (Lipinski definition) is 1. The maximum absolute atomic E-state index is 2.56. The number of benzene rings is 1. The van der Waals surface area contributed by atoms with Crippen molar-refractivity contribution in [3.05, 3.63) is 29.3 Å². The summed E-state index contributed by atoms with van der Waals surface area (Å²) in [7, 11) is 0.